The van der Waals surface area contributed by atoms with Crippen LogP contribution in [-0.4, -0.2) is 22.6 Å². The molecule has 0 amide bonds. The van der Waals surface area contributed by atoms with E-state index in [1.807, 2.05) is 6.92 Å². The van der Waals surface area contributed by atoms with Crippen LogP contribution in [0.2, 0.25) is 0 Å². The van der Waals surface area contributed by atoms with Crippen LogP contribution in [0, 0.1) is 6.92 Å². The molecule has 0 aromatic carbocycles. The van der Waals surface area contributed by atoms with Gasteiger partial charge in [0.15, 0.2) is 0 Å². The van der Waals surface area contributed by atoms with Crippen LogP contribution in [0.5, 0.6) is 0 Å². The Labute approximate surface area is 76.8 Å². The van der Waals surface area contributed by atoms with E-state index in [0.717, 1.165) is 24.4 Å². The number of aromatic amines is 2. The average Bonchev–Trinajstić information content (AvgIpc) is 2.63. The summed E-state index contributed by atoms with van der Waals surface area (Å²) >= 11 is 0. The Morgan fingerprint density at radius 1 is 1.46 bits per heavy atom. The van der Waals surface area contributed by atoms with E-state index >= 15 is 0 Å². The van der Waals surface area contributed by atoms with Crippen LogP contribution in [0.15, 0.2) is 4.79 Å². The van der Waals surface area contributed by atoms with Crippen molar-refractivity contribution in [3.8, 4) is 0 Å². The predicted molar refractivity (Wildman–Crippen MR) is 50.9 cm³/mol. The van der Waals surface area contributed by atoms with Gasteiger partial charge in [-0.2, -0.15) is 0 Å². The Hall–Kier alpha value is -1.03. The summed E-state index contributed by atoms with van der Waals surface area (Å²) in [5, 5.41) is 3.41. The van der Waals surface area contributed by atoms with E-state index in [9.17, 15) is 4.79 Å². The smallest absolute Gasteiger partial charge is 0.314 e. The van der Waals surface area contributed by atoms with E-state index in [2.05, 4.69) is 15.3 Å². The van der Waals surface area contributed by atoms with Gasteiger partial charge in [0, 0.05) is 23.9 Å². The third-order valence-corrected chi connectivity index (χ3v) is 2.63. The summed E-state index contributed by atoms with van der Waals surface area (Å²) in [6.07, 6.45) is 3.40. The molecule has 2 heterocycles. The quantitative estimate of drug-likeness (QED) is 0.614. The zero-order valence-corrected chi connectivity index (χ0v) is 7.81. The highest BCUT2D eigenvalue weighted by Crippen LogP contribution is 2.11. The number of hydrogen-bond acceptors (Lipinski definition) is 2. The molecule has 3 N–H and O–H groups in total. The van der Waals surface area contributed by atoms with Crippen LogP contribution in [0.1, 0.15) is 24.2 Å². The molecule has 1 aliphatic heterocycles. The van der Waals surface area contributed by atoms with Crippen molar-refractivity contribution in [1.29, 1.82) is 0 Å². The van der Waals surface area contributed by atoms with Gasteiger partial charge >= 0.3 is 5.69 Å². The molecule has 1 atom stereocenters. The molecule has 1 unspecified atom stereocenters. The molecule has 1 aromatic heterocycles. The van der Waals surface area contributed by atoms with Gasteiger partial charge in [-0.05, 0) is 26.3 Å². The Bertz CT molecular complexity index is 333. The van der Waals surface area contributed by atoms with Crippen LogP contribution in [-0.2, 0) is 6.42 Å². The maximum atomic E-state index is 11.0. The lowest BCUT2D eigenvalue weighted by atomic mass is 10.1. The largest absolute Gasteiger partial charge is 0.323 e. The van der Waals surface area contributed by atoms with Crippen molar-refractivity contribution in [3.05, 3.63) is 21.9 Å². The molecule has 0 aliphatic carbocycles. The average molecular weight is 181 g/mol. The monoisotopic (exact) mass is 181 g/mol. The molecule has 13 heavy (non-hydrogen) atoms. The molecule has 4 nitrogen and oxygen atoms in total. The molecule has 0 radical (unpaired) electrons. The number of aromatic nitrogens is 2. The standard InChI is InChI=1S/C9H15N3O/c1-6-8(12-9(13)11-6)5-7-3-2-4-10-7/h7,10H,2-5H2,1H3,(H2,11,12,13). The minimum absolute atomic E-state index is 0.0921. The van der Waals surface area contributed by atoms with Crippen LogP contribution >= 0.6 is 0 Å². The summed E-state index contributed by atoms with van der Waals surface area (Å²) in [5.74, 6) is 0. The summed E-state index contributed by atoms with van der Waals surface area (Å²) in [4.78, 5) is 16.5. The summed E-state index contributed by atoms with van der Waals surface area (Å²) < 4.78 is 0. The lowest BCUT2D eigenvalue weighted by Crippen LogP contribution is -2.24. The third kappa shape index (κ3) is 1.83. The molecule has 1 aromatic rings. The molecule has 4 heteroatoms. The summed E-state index contributed by atoms with van der Waals surface area (Å²) in [6, 6.07) is 0.546. The van der Waals surface area contributed by atoms with Gasteiger partial charge in [-0.25, -0.2) is 4.79 Å². The highest BCUT2D eigenvalue weighted by Gasteiger charge is 2.16. The maximum Gasteiger partial charge on any atom is 0.323 e. The van der Waals surface area contributed by atoms with Crippen LogP contribution < -0.4 is 11.0 Å². The number of imidazole rings is 1. The van der Waals surface area contributed by atoms with Crippen molar-refractivity contribution in [2.24, 2.45) is 0 Å². The lowest BCUT2D eigenvalue weighted by molar-refractivity contribution is 0.594. The van der Waals surface area contributed by atoms with Crippen molar-refractivity contribution in [2.45, 2.75) is 32.2 Å². The van der Waals surface area contributed by atoms with Crippen molar-refractivity contribution >= 4 is 0 Å². The number of nitrogens with one attached hydrogen (secondary N) is 3. The van der Waals surface area contributed by atoms with Gasteiger partial charge in [0.2, 0.25) is 0 Å². The highest BCUT2D eigenvalue weighted by molar-refractivity contribution is 5.10. The van der Waals surface area contributed by atoms with E-state index in [1.54, 1.807) is 0 Å². The number of H-pyrrole nitrogens is 2. The number of hydrogen-bond donors (Lipinski definition) is 3. The first-order valence-corrected chi connectivity index (χ1v) is 4.77. The van der Waals surface area contributed by atoms with Crippen molar-refractivity contribution < 1.29 is 0 Å². The van der Waals surface area contributed by atoms with Gasteiger partial charge in [-0.15, -0.1) is 0 Å². The fourth-order valence-electron chi connectivity index (χ4n) is 1.89. The molecule has 0 bridgehead atoms. The first kappa shape index (κ1) is 8.56. The number of aryl methyl sites for hydroxylation is 1. The summed E-state index contributed by atoms with van der Waals surface area (Å²) in [7, 11) is 0. The predicted octanol–water partition coefficient (Wildman–Crippen LogP) is 0.306. The molecule has 1 saturated heterocycles. The van der Waals surface area contributed by atoms with Gasteiger partial charge in [-0.3, -0.25) is 0 Å². The molecular formula is C9H15N3O. The second-order valence-corrected chi connectivity index (χ2v) is 3.68. The Balaban J connectivity index is 2.08. The third-order valence-electron chi connectivity index (χ3n) is 2.63. The van der Waals surface area contributed by atoms with Gasteiger partial charge < -0.3 is 15.3 Å². The Kier molecular flexibility index (Phi) is 2.22. The zero-order valence-electron chi connectivity index (χ0n) is 7.81. The van der Waals surface area contributed by atoms with Crippen LogP contribution in [0.3, 0.4) is 0 Å². The van der Waals surface area contributed by atoms with E-state index < -0.39 is 0 Å². The fraction of sp³-hybridized carbons (Fsp3) is 0.667. The fourth-order valence-corrected chi connectivity index (χ4v) is 1.89. The van der Waals surface area contributed by atoms with E-state index in [4.69, 9.17) is 0 Å². The topological polar surface area (TPSA) is 60.7 Å². The first-order valence-electron chi connectivity index (χ1n) is 4.77. The highest BCUT2D eigenvalue weighted by atomic mass is 16.1. The van der Waals surface area contributed by atoms with Gasteiger partial charge in [0.1, 0.15) is 0 Å². The second-order valence-electron chi connectivity index (χ2n) is 3.68. The SMILES string of the molecule is Cc1[nH]c(=O)[nH]c1CC1CCCN1. The van der Waals surface area contributed by atoms with Crippen LogP contribution in [0.4, 0.5) is 0 Å². The van der Waals surface area contributed by atoms with Crippen molar-refractivity contribution in [3.63, 3.8) is 0 Å². The van der Waals surface area contributed by atoms with E-state index in [1.165, 1.54) is 12.8 Å². The lowest BCUT2D eigenvalue weighted by Gasteiger charge is -2.08. The van der Waals surface area contributed by atoms with E-state index in [-0.39, 0.29) is 5.69 Å². The molecule has 1 fully saturated rings. The normalized spacial score (nSPS) is 22.4. The summed E-state index contributed by atoms with van der Waals surface area (Å²) in [5.41, 5.74) is 1.92. The first-order chi connectivity index (χ1) is 6.25. The van der Waals surface area contributed by atoms with Crippen molar-refractivity contribution in [1.82, 2.24) is 15.3 Å². The molecular weight excluding hydrogens is 166 g/mol. The Morgan fingerprint density at radius 2 is 2.31 bits per heavy atom. The van der Waals surface area contributed by atoms with Gasteiger partial charge in [0.05, 0.1) is 0 Å². The minimum atomic E-state index is -0.0921. The second kappa shape index (κ2) is 3.38. The zero-order chi connectivity index (χ0) is 9.26. The van der Waals surface area contributed by atoms with Crippen LogP contribution in [0.25, 0.3) is 0 Å². The summed E-state index contributed by atoms with van der Waals surface area (Å²) in [6.45, 7) is 3.04. The van der Waals surface area contributed by atoms with Crippen molar-refractivity contribution in [2.75, 3.05) is 6.54 Å². The maximum absolute atomic E-state index is 11.0. The molecule has 1 aliphatic rings. The molecule has 0 saturated carbocycles. The van der Waals surface area contributed by atoms with Gasteiger partial charge in [0.25, 0.3) is 0 Å². The number of rotatable bonds is 2. The molecule has 72 valence electrons. The van der Waals surface area contributed by atoms with E-state index in [0.29, 0.717) is 6.04 Å². The Morgan fingerprint density at radius 3 is 2.85 bits per heavy atom. The molecule has 0 spiro atoms. The van der Waals surface area contributed by atoms with Gasteiger partial charge in [-0.1, -0.05) is 0 Å². The minimum Gasteiger partial charge on any atom is -0.314 e. The molecule has 2 rings (SSSR count).